The average molecular weight is 369 g/mol. The fourth-order valence-corrected chi connectivity index (χ4v) is 9.91. The van der Waals surface area contributed by atoms with E-state index in [2.05, 4.69) is 40.7 Å². The van der Waals surface area contributed by atoms with Gasteiger partial charge in [0.05, 0.1) is 12.5 Å². The van der Waals surface area contributed by atoms with Gasteiger partial charge in [-0.15, -0.1) is 0 Å². The van der Waals surface area contributed by atoms with Gasteiger partial charge in [-0.1, -0.05) is 41.0 Å². The Morgan fingerprint density at radius 3 is 2.15 bits per heavy atom. The van der Waals surface area contributed by atoms with Crippen LogP contribution in [0.5, 0.6) is 0 Å². The molecule has 5 rings (SSSR count). The topological polar surface area (TPSA) is 13.1 Å². The van der Waals surface area contributed by atoms with E-state index in [4.69, 9.17) is 4.42 Å². The molecule has 0 aliphatic heterocycles. The van der Waals surface area contributed by atoms with E-state index in [1.54, 1.807) is 0 Å². The number of fused-ring (bicyclic) bond motifs is 5. The van der Waals surface area contributed by atoms with E-state index < -0.39 is 0 Å². The van der Waals surface area contributed by atoms with E-state index >= 15 is 0 Å². The molecular formula is C26H40O. The first-order valence-electron chi connectivity index (χ1n) is 11.7. The first kappa shape index (κ1) is 18.3. The fourth-order valence-electron chi connectivity index (χ4n) is 9.91. The van der Waals surface area contributed by atoms with Gasteiger partial charge in [0.25, 0.3) is 0 Å². The van der Waals surface area contributed by atoms with Crippen LogP contribution in [0.2, 0.25) is 0 Å². The maximum Gasteiger partial charge on any atom is 0.0937 e. The van der Waals surface area contributed by atoms with Crippen molar-refractivity contribution in [3.63, 3.8) is 0 Å². The van der Waals surface area contributed by atoms with Crippen molar-refractivity contribution in [3.8, 4) is 0 Å². The zero-order valence-corrected chi connectivity index (χ0v) is 18.3. The predicted molar refractivity (Wildman–Crippen MR) is 112 cm³/mol. The van der Waals surface area contributed by atoms with E-state index in [9.17, 15) is 0 Å². The van der Waals surface area contributed by atoms with Crippen LogP contribution in [-0.4, -0.2) is 0 Å². The molecule has 1 heterocycles. The smallest absolute Gasteiger partial charge is 0.0937 e. The Morgan fingerprint density at radius 2 is 1.41 bits per heavy atom. The van der Waals surface area contributed by atoms with Crippen molar-refractivity contribution in [1.82, 2.24) is 0 Å². The van der Waals surface area contributed by atoms with Gasteiger partial charge in [-0.25, -0.2) is 0 Å². The molecule has 0 unspecified atom stereocenters. The molecule has 0 amide bonds. The van der Waals surface area contributed by atoms with Crippen molar-refractivity contribution in [1.29, 1.82) is 0 Å². The summed E-state index contributed by atoms with van der Waals surface area (Å²) in [7, 11) is 0. The number of hydrogen-bond acceptors (Lipinski definition) is 1. The van der Waals surface area contributed by atoms with Crippen molar-refractivity contribution in [2.45, 2.75) is 98.3 Å². The highest BCUT2D eigenvalue weighted by Gasteiger charge is 2.66. The zero-order valence-electron chi connectivity index (χ0n) is 18.3. The minimum absolute atomic E-state index is 0.475. The molecule has 1 aromatic heterocycles. The fraction of sp³-hybridized carbons (Fsp3) is 0.846. The van der Waals surface area contributed by atoms with Crippen LogP contribution in [-0.2, 0) is 0 Å². The second-order valence-corrected chi connectivity index (χ2v) is 12.3. The highest BCUT2D eigenvalue weighted by molar-refractivity contribution is 5.24. The minimum Gasteiger partial charge on any atom is -0.472 e. The highest BCUT2D eigenvalue weighted by atomic mass is 16.3. The molecule has 0 N–H and O–H groups in total. The Morgan fingerprint density at radius 1 is 0.741 bits per heavy atom. The van der Waals surface area contributed by atoms with Crippen molar-refractivity contribution in [2.24, 2.45) is 39.4 Å². The molecule has 4 fully saturated rings. The Labute approximate surface area is 166 Å². The van der Waals surface area contributed by atoms with Crippen LogP contribution in [0.25, 0.3) is 0 Å². The molecule has 0 spiro atoms. The van der Waals surface area contributed by atoms with Crippen molar-refractivity contribution in [3.05, 3.63) is 24.2 Å². The summed E-state index contributed by atoms with van der Waals surface area (Å²) in [5.41, 5.74) is 3.61. The quantitative estimate of drug-likeness (QED) is 0.492. The molecule has 1 heteroatoms. The zero-order chi connectivity index (χ0) is 19.1. The summed E-state index contributed by atoms with van der Waals surface area (Å²) in [6.45, 7) is 13.2. The lowest BCUT2D eigenvalue weighted by molar-refractivity contribution is -0.185. The van der Waals surface area contributed by atoms with Crippen molar-refractivity contribution in [2.75, 3.05) is 0 Å². The van der Waals surface area contributed by atoms with E-state index in [1.807, 2.05) is 12.5 Å². The highest BCUT2D eigenvalue weighted by Crippen LogP contribution is 2.74. The summed E-state index contributed by atoms with van der Waals surface area (Å²) >= 11 is 0. The Balaban J connectivity index is 1.51. The molecule has 0 saturated heterocycles. The Kier molecular flexibility index (Phi) is 3.84. The van der Waals surface area contributed by atoms with Gasteiger partial charge in [-0.05, 0) is 108 Å². The lowest BCUT2D eigenvalue weighted by Crippen LogP contribution is -2.60. The van der Waals surface area contributed by atoms with Gasteiger partial charge in [-0.2, -0.15) is 0 Å². The Hall–Kier alpha value is -0.720. The normalized spacial score (nSPS) is 51.3. The summed E-state index contributed by atoms with van der Waals surface area (Å²) in [5, 5.41) is 0. The molecule has 0 radical (unpaired) electrons. The average Bonchev–Trinajstić information content (AvgIpc) is 3.21. The first-order valence-corrected chi connectivity index (χ1v) is 11.7. The molecule has 4 aliphatic carbocycles. The Bertz CT molecular complexity index is 702. The monoisotopic (exact) mass is 368 g/mol. The molecule has 0 aromatic carbocycles. The number of rotatable bonds is 1. The molecule has 27 heavy (non-hydrogen) atoms. The third-order valence-corrected chi connectivity index (χ3v) is 10.9. The van der Waals surface area contributed by atoms with E-state index in [-0.39, 0.29) is 0 Å². The predicted octanol–water partition coefficient (Wildman–Crippen LogP) is 7.82. The number of furan rings is 1. The third kappa shape index (κ3) is 2.29. The second-order valence-electron chi connectivity index (χ2n) is 12.3. The molecule has 1 nitrogen and oxygen atoms in total. The standard InChI is InChI=1S/C26H40O/c1-23(2)12-6-13-25(4)20(23)9-15-26(5)21-8-7-19(18-11-16-27-17-18)24(21,3)14-10-22(25)26/h11,16-17,19-22H,6-10,12-15H2,1-5H3/t19-,20-,21-,22+,24-,25-,26-/m0/s1. The van der Waals surface area contributed by atoms with Crippen molar-refractivity contribution < 1.29 is 4.42 Å². The lowest BCUT2D eigenvalue weighted by atomic mass is 9.37. The van der Waals surface area contributed by atoms with Gasteiger partial charge in [0.2, 0.25) is 0 Å². The number of hydrogen-bond donors (Lipinski definition) is 0. The maximum atomic E-state index is 5.49. The molecule has 7 atom stereocenters. The molecule has 150 valence electrons. The van der Waals surface area contributed by atoms with Crippen LogP contribution >= 0.6 is 0 Å². The van der Waals surface area contributed by atoms with Crippen LogP contribution in [0.3, 0.4) is 0 Å². The molecule has 1 aromatic rings. The van der Waals surface area contributed by atoms with Gasteiger partial charge in [0.15, 0.2) is 0 Å². The summed E-state index contributed by atoms with van der Waals surface area (Å²) in [6, 6.07) is 2.24. The van der Waals surface area contributed by atoms with Gasteiger partial charge in [-0.3, -0.25) is 0 Å². The van der Waals surface area contributed by atoms with Crippen LogP contribution in [0, 0.1) is 39.4 Å². The van der Waals surface area contributed by atoms with E-state index in [0.29, 0.717) is 27.6 Å². The molecule has 4 saturated carbocycles. The SMILES string of the molecule is CC1(C)CCC[C@]2(C)[C@H]3CC[C@]4(C)[C@H](CC[C@H]4c4ccoc4)[C@]3(C)CC[C@@H]12. The molecule has 0 bridgehead atoms. The van der Waals surface area contributed by atoms with Gasteiger partial charge in [0.1, 0.15) is 0 Å². The maximum absolute atomic E-state index is 5.49. The third-order valence-electron chi connectivity index (χ3n) is 10.9. The lowest BCUT2D eigenvalue weighted by Gasteiger charge is -2.68. The summed E-state index contributed by atoms with van der Waals surface area (Å²) in [6.07, 6.45) is 16.9. The van der Waals surface area contributed by atoms with Gasteiger partial charge < -0.3 is 4.42 Å². The molecule has 4 aliphatic rings. The van der Waals surface area contributed by atoms with Gasteiger partial charge in [0, 0.05) is 0 Å². The first-order chi connectivity index (χ1) is 12.7. The van der Waals surface area contributed by atoms with E-state index in [0.717, 1.165) is 17.8 Å². The summed E-state index contributed by atoms with van der Waals surface area (Å²) in [4.78, 5) is 0. The van der Waals surface area contributed by atoms with Crippen molar-refractivity contribution >= 4 is 0 Å². The van der Waals surface area contributed by atoms with Gasteiger partial charge >= 0.3 is 0 Å². The van der Waals surface area contributed by atoms with Crippen LogP contribution in [0.15, 0.2) is 23.0 Å². The summed E-state index contributed by atoms with van der Waals surface area (Å²) < 4.78 is 5.49. The van der Waals surface area contributed by atoms with Crippen LogP contribution < -0.4 is 0 Å². The van der Waals surface area contributed by atoms with Crippen LogP contribution in [0.4, 0.5) is 0 Å². The summed E-state index contributed by atoms with van der Waals surface area (Å²) in [5.74, 6) is 3.48. The largest absolute Gasteiger partial charge is 0.472 e. The van der Waals surface area contributed by atoms with E-state index in [1.165, 1.54) is 63.4 Å². The minimum atomic E-state index is 0.475. The van der Waals surface area contributed by atoms with Crippen LogP contribution in [0.1, 0.15) is 104 Å². The molecular weight excluding hydrogens is 328 g/mol. The second kappa shape index (κ2) is 5.67.